The van der Waals surface area contributed by atoms with Crippen LogP contribution in [0, 0.1) is 6.92 Å². The second-order valence-electron chi connectivity index (χ2n) is 4.87. The van der Waals surface area contributed by atoms with Crippen molar-refractivity contribution in [2.24, 2.45) is 0 Å². The molecule has 0 aliphatic carbocycles. The van der Waals surface area contributed by atoms with E-state index in [2.05, 4.69) is 21.8 Å². The predicted molar refractivity (Wildman–Crippen MR) is 81.9 cm³/mol. The van der Waals surface area contributed by atoms with Crippen LogP contribution in [0.25, 0.3) is 10.2 Å². The summed E-state index contributed by atoms with van der Waals surface area (Å²) in [6.07, 6.45) is 4.97. The molecule has 0 amide bonds. The molecule has 0 aromatic carbocycles. The monoisotopic (exact) mass is 293 g/mol. The largest absolute Gasteiger partial charge is 0.477 e. The summed E-state index contributed by atoms with van der Waals surface area (Å²) in [5.41, 5.74) is 0.760. The van der Waals surface area contributed by atoms with E-state index in [1.807, 2.05) is 14.0 Å². The van der Waals surface area contributed by atoms with Crippen LogP contribution in [0.5, 0.6) is 0 Å². The van der Waals surface area contributed by atoms with Crippen LogP contribution in [-0.2, 0) is 0 Å². The van der Waals surface area contributed by atoms with E-state index in [9.17, 15) is 9.90 Å². The van der Waals surface area contributed by atoms with Crippen molar-refractivity contribution in [1.29, 1.82) is 0 Å². The first-order valence-corrected chi connectivity index (χ1v) is 7.56. The number of aromatic nitrogens is 2. The molecule has 0 unspecified atom stereocenters. The summed E-state index contributed by atoms with van der Waals surface area (Å²) in [4.78, 5) is 23.0. The van der Waals surface area contributed by atoms with E-state index in [0.29, 0.717) is 4.88 Å². The molecule has 0 spiro atoms. The molecule has 0 aliphatic heterocycles. The number of carboxylic acid groups (broad SMARTS) is 1. The van der Waals surface area contributed by atoms with E-state index < -0.39 is 5.97 Å². The fraction of sp³-hybridized carbons (Fsp3) is 0.500. The standard InChI is InChI=1S/C14H19N3O2S/c1-4-5-6-7-17(3)12-10-9(2)11(14(18)19)20-13(10)16-8-15-12/h8H,4-7H2,1-3H3,(H,18,19). The molecule has 2 aromatic rings. The minimum absolute atomic E-state index is 0.351. The molecule has 0 bridgehead atoms. The minimum atomic E-state index is -0.898. The summed E-state index contributed by atoms with van der Waals surface area (Å²) in [7, 11) is 2.00. The lowest BCUT2D eigenvalue weighted by atomic mass is 10.2. The molecule has 2 rings (SSSR count). The van der Waals surface area contributed by atoms with E-state index in [-0.39, 0.29) is 0 Å². The van der Waals surface area contributed by atoms with Gasteiger partial charge in [-0.2, -0.15) is 0 Å². The SMILES string of the molecule is CCCCCN(C)c1ncnc2sc(C(=O)O)c(C)c12. The maximum Gasteiger partial charge on any atom is 0.346 e. The lowest BCUT2D eigenvalue weighted by Crippen LogP contribution is -2.20. The van der Waals surface area contributed by atoms with Gasteiger partial charge in [-0.3, -0.25) is 0 Å². The van der Waals surface area contributed by atoms with Crippen LogP contribution in [-0.4, -0.2) is 34.6 Å². The summed E-state index contributed by atoms with van der Waals surface area (Å²) >= 11 is 1.21. The number of aromatic carboxylic acids is 1. The Kier molecular flexibility index (Phi) is 4.54. The average Bonchev–Trinajstić information content (AvgIpc) is 2.76. The van der Waals surface area contributed by atoms with Crippen molar-refractivity contribution in [3.05, 3.63) is 16.8 Å². The van der Waals surface area contributed by atoms with Crippen molar-refractivity contribution in [1.82, 2.24) is 9.97 Å². The van der Waals surface area contributed by atoms with Crippen molar-refractivity contribution in [3.63, 3.8) is 0 Å². The topological polar surface area (TPSA) is 66.3 Å². The molecule has 0 saturated carbocycles. The molecular weight excluding hydrogens is 274 g/mol. The normalized spacial score (nSPS) is 10.9. The van der Waals surface area contributed by atoms with Crippen LogP contribution in [0.4, 0.5) is 5.82 Å². The summed E-state index contributed by atoms with van der Waals surface area (Å²) < 4.78 is 0. The number of fused-ring (bicyclic) bond motifs is 1. The Balaban J connectivity index is 2.40. The third-order valence-electron chi connectivity index (χ3n) is 3.36. The number of carbonyl (C=O) groups is 1. The number of unbranched alkanes of at least 4 members (excludes halogenated alkanes) is 2. The molecule has 5 nitrogen and oxygen atoms in total. The molecule has 2 heterocycles. The maximum atomic E-state index is 11.2. The Labute approximate surface area is 122 Å². The first-order valence-electron chi connectivity index (χ1n) is 6.74. The van der Waals surface area contributed by atoms with Crippen molar-refractivity contribution in [2.75, 3.05) is 18.5 Å². The zero-order chi connectivity index (χ0) is 14.7. The highest BCUT2D eigenvalue weighted by molar-refractivity contribution is 7.20. The number of rotatable bonds is 6. The number of nitrogens with zero attached hydrogens (tertiary/aromatic N) is 3. The predicted octanol–water partition coefficient (Wildman–Crippen LogP) is 3.32. The van der Waals surface area contributed by atoms with Crippen molar-refractivity contribution < 1.29 is 9.90 Å². The second-order valence-corrected chi connectivity index (χ2v) is 5.87. The van der Waals surface area contributed by atoms with Gasteiger partial charge in [-0.05, 0) is 18.9 Å². The van der Waals surface area contributed by atoms with Gasteiger partial charge in [0.05, 0.1) is 5.39 Å². The van der Waals surface area contributed by atoms with Gasteiger partial charge >= 0.3 is 5.97 Å². The Hall–Kier alpha value is -1.69. The Morgan fingerprint density at radius 2 is 2.15 bits per heavy atom. The molecule has 108 valence electrons. The Morgan fingerprint density at radius 3 is 2.80 bits per heavy atom. The van der Waals surface area contributed by atoms with Crippen molar-refractivity contribution >= 4 is 33.3 Å². The first-order chi connectivity index (χ1) is 9.56. The summed E-state index contributed by atoms with van der Waals surface area (Å²) in [6.45, 7) is 4.91. The smallest absolute Gasteiger partial charge is 0.346 e. The number of aryl methyl sites for hydroxylation is 1. The molecule has 0 aliphatic rings. The van der Waals surface area contributed by atoms with Gasteiger partial charge in [-0.25, -0.2) is 14.8 Å². The molecule has 6 heteroatoms. The highest BCUT2D eigenvalue weighted by Gasteiger charge is 2.19. The van der Waals surface area contributed by atoms with Crippen LogP contribution in [0.15, 0.2) is 6.33 Å². The van der Waals surface area contributed by atoms with Crippen molar-refractivity contribution in [2.45, 2.75) is 33.1 Å². The van der Waals surface area contributed by atoms with Gasteiger partial charge in [0.25, 0.3) is 0 Å². The molecule has 0 atom stereocenters. The van der Waals surface area contributed by atoms with Gasteiger partial charge in [-0.15, -0.1) is 11.3 Å². The van der Waals surface area contributed by atoms with Crippen LogP contribution < -0.4 is 4.90 Å². The highest BCUT2D eigenvalue weighted by atomic mass is 32.1. The van der Waals surface area contributed by atoms with Gasteiger partial charge in [0.15, 0.2) is 0 Å². The van der Waals surface area contributed by atoms with Crippen LogP contribution >= 0.6 is 11.3 Å². The minimum Gasteiger partial charge on any atom is -0.477 e. The molecular formula is C14H19N3O2S. The third kappa shape index (κ3) is 2.75. The number of hydrogen-bond donors (Lipinski definition) is 1. The number of carboxylic acids is 1. The maximum absolute atomic E-state index is 11.2. The van der Waals surface area contributed by atoms with E-state index in [1.54, 1.807) is 0 Å². The number of anilines is 1. The fourth-order valence-corrected chi connectivity index (χ4v) is 3.23. The summed E-state index contributed by atoms with van der Waals surface area (Å²) in [6, 6.07) is 0. The van der Waals surface area contributed by atoms with Gasteiger partial charge in [-0.1, -0.05) is 19.8 Å². The van der Waals surface area contributed by atoms with Gasteiger partial charge < -0.3 is 10.0 Å². The van der Waals surface area contributed by atoms with Crippen molar-refractivity contribution in [3.8, 4) is 0 Å². The molecule has 20 heavy (non-hydrogen) atoms. The van der Waals surface area contributed by atoms with E-state index in [1.165, 1.54) is 30.5 Å². The Morgan fingerprint density at radius 1 is 1.40 bits per heavy atom. The van der Waals surface area contributed by atoms with E-state index in [4.69, 9.17) is 0 Å². The summed E-state index contributed by atoms with van der Waals surface area (Å²) in [5, 5.41) is 10.1. The number of thiophene rings is 1. The molecule has 0 radical (unpaired) electrons. The van der Waals surface area contributed by atoms with E-state index >= 15 is 0 Å². The van der Waals surface area contributed by atoms with Gasteiger partial charge in [0.2, 0.25) is 0 Å². The molecule has 1 N–H and O–H groups in total. The quantitative estimate of drug-likeness (QED) is 0.828. The average molecular weight is 293 g/mol. The lowest BCUT2D eigenvalue weighted by molar-refractivity contribution is 0.0701. The summed E-state index contributed by atoms with van der Waals surface area (Å²) in [5.74, 6) is -0.0718. The van der Waals surface area contributed by atoms with Gasteiger partial charge in [0.1, 0.15) is 21.9 Å². The first kappa shape index (κ1) is 14.7. The molecule has 0 fully saturated rings. The fourth-order valence-electron chi connectivity index (χ4n) is 2.25. The lowest BCUT2D eigenvalue weighted by Gasteiger charge is -2.18. The van der Waals surface area contributed by atoms with E-state index in [0.717, 1.165) is 34.6 Å². The molecule has 2 aromatic heterocycles. The zero-order valence-corrected chi connectivity index (χ0v) is 12.8. The van der Waals surface area contributed by atoms with Crippen LogP contribution in [0.3, 0.4) is 0 Å². The highest BCUT2D eigenvalue weighted by Crippen LogP contribution is 2.34. The molecule has 0 saturated heterocycles. The second kappa shape index (κ2) is 6.17. The zero-order valence-electron chi connectivity index (χ0n) is 12.0. The Bertz CT molecular complexity index is 624. The van der Waals surface area contributed by atoms with Gasteiger partial charge in [0, 0.05) is 13.6 Å². The van der Waals surface area contributed by atoms with Crippen LogP contribution in [0.1, 0.15) is 41.4 Å². The number of hydrogen-bond acceptors (Lipinski definition) is 5. The third-order valence-corrected chi connectivity index (χ3v) is 4.55. The van der Waals surface area contributed by atoms with Crippen LogP contribution in [0.2, 0.25) is 0 Å².